The Kier molecular flexibility index (Phi) is 4.87. The summed E-state index contributed by atoms with van der Waals surface area (Å²) in [5, 5.41) is 23.9. The molecule has 0 saturated heterocycles. The van der Waals surface area contributed by atoms with Gasteiger partial charge in [0, 0.05) is 0 Å². The van der Waals surface area contributed by atoms with Crippen molar-refractivity contribution in [2.45, 2.75) is 52.4 Å². The van der Waals surface area contributed by atoms with Crippen LogP contribution < -0.4 is 10.2 Å². The molecule has 0 aromatic heterocycles. The molecule has 0 bridgehead atoms. The van der Waals surface area contributed by atoms with Gasteiger partial charge in [0.1, 0.15) is 0 Å². The van der Waals surface area contributed by atoms with Crippen LogP contribution in [0.15, 0.2) is 12.1 Å². The monoisotopic (exact) mass is 415 g/mol. The van der Waals surface area contributed by atoms with Gasteiger partial charge in [-0.05, 0) is 10.8 Å². The average Bonchev–Trinajstić information content (AvgIpc) is 2.05. The quantitative estimate of drug-likeness (QED) is 0.654. The van der Waals surface area contributed by atoms with E-state index < -0.39 is 0 Å². The predicted molar refractivity (Wildman–Crippen MR) is 62.7 cm³/mol. The van der Waals surface area contributed by atoms with Gasteiger partial charge in [0.2, 0.25) is 0 Å². The van der Waals surface area contributed by atoms with Crippen molar-refractivity contribution >= 4 is 0 Å². The van der Waals surface area contributed by atoms with Crippen molar-refractivity contribution in [3.05, 3.63) is 23.3 Å². The van der Waals surface area contributed by atoms with E-state index in [1.807, 2.05) is 41.5 Å². The van der Waals surface area contributed by atoms with Crippen LogP contribution in [0, 0.1) is 0 Å². The molecule has 0 N–H and O–H groups in total. The summed E-state index contributed by atoms with van der Waals surface area (Å²) in [5.74, 6) is -0.695. The van der Waals surface area contributed by atoms with Gasteiger partial charge in [-0.3, -0.25) is 0 Å². The summed E-state index contributed by atoms with van der Waals surface area (Å²) >= 11 is 0. The Morgan fingerprint density at radius 3 is 1.12 bits per heavy atom. The predicted octanol–water partition coefficient (Wildman–Crippen LogP) is 2.43. The van der Waals surface area contributed by atoms with Crippen LogP contribution in [0.1, 0.15) is 52.7 Å². The fourth-order valence-electron chi connectivity index (χ4n) is 1.74. The van der Waals surface area contributed by atoms with E-state index in [-0.39, 0.29) is 43.4 Å². The van der Waals surface area contributed by atoms with Gasteiger partial charge in [0.05, 0.1) is 0 Å². The van der Waals surface area contributed by atoms with E-state index in [4.69, 9.17) is 0 Å². The van der Waals surface area contributed by atoms with Gasteiger partial charge in [0.15, 0.2) is 0 Å². The molecule has 1 aromatic rings. The summed E-state index contributed by atoms with van der Waals surface area (Å²) in [6.07, 6.45) is 0. The minimum Gasteiger partial charge on any atom is -0.873 e. The van der Waals surface area contributed by atoms with Gasteiger partial charge in [0.25, 0.3) is 0 Å². The largest absolute Gasteiger partial charge is 2.00 e. The normalized spacial score (nSPS) is 12.1. The fourth-order valence-corrected chi connectivity index (χ4v) is 1.74. The van der Waals surface area contributed by atoms with E-state index >= 15 is 0 Å². The summed E-state index contributed by atoms with van der Waals surface area (Å²) in [4.78, 5) is 0. The van der Waals surface area contributed by atoms with E-state index in [1.54, 1.807) is 12.1 Å². The minimum atomic E-state index is -0.347. The topological polar surface area (TPSA) is 46.1 Å². The first kappa shape index (κ1) is 16.5. The molecule has 0 atom stereocenters. The maximum Gasteiger partial charge on any atom is 2.00 e. The summed E-state index contributed by atoms with van der Waals surface area (Å²) in [6.45, 7) is 11.7. The molecular formula is C14H20O2Pt. The van der Waals surface area contributed by atoms with Gasteiger partial charge in [-0.1, -0.05) is 64.8 Å². The van der Waals surface area contributed by atoms with Crippen LogP contribution in [0.4, 0.5) is 0 Å². The van der Waals surface area contributed by atoms with Gasteiger partial charge >= 0.3 is 21.1 Å². The van der Waals surface area contributed by atoms with Crippen LogP contribution in [0.3, 0.4) is 0 Å². The molecule has 0 radical (unpaired) electrons. The van der Waals surface area contributed by atoms with Crippen molar-refractivity contribution < 1.29 is 31.3 Å². The zero-order chi connectivity index (χ0) is 12.7. The molecule has 17 heavy (non-hydrogen) atoms. The maximum atomic E-state index is 12.0. The Morgan fingerprint density at radius 2 is 0.941 bits per heavy atom. The Hall–Kier alpha value is -0.492. The summed E-state index contributed by atoms with van der Waals surface area (Å²) < 4.78 is 0. The van der Waals surface area contributed by atoms with Crippen LogP contribution in [0.25, 0.3) is 0 Å². The van der Waals surface area contributed by atoms with Crippen LogP contribution in [0.5, 0.6) is 11.5 Å². The summed E-state index contributed by atoms with van der Waals surface area (Å²) in [6, 6.07) is 3.59. The summed E-state index contributed by atoms with van der Waals surface area (Å²) in [5.41, 5.74) is 0.662. The third-order valence-electron chi connectivity index (χ3n) is 2.73. The molecule has 0 heterocycles. The zero-order valence-electron chi connectivity index (χ0n) is 11.3. The third-order valence-corrected chi connectivity index (χ3v) is 2.73. The van der Waals surface area contributed by atoms with E-state index in [0.29, 0.717) is 11.1 Å². The van der Waals surface area contributed by atoms with Gasteiger partial charge < -0.3 is 10.2 Å². The summed E-state index contributed by atoms with van der Waals surface area (Å²) in [7, 11) is 0. The van der Waals surface area contributed by atoms with Crippen molar-refractivity contribution in [1.82, 2.24) is 0 Å². The minimum absolute atomic E-state index is 0. The Bertz CT molecular complexity index is 359. The van der Waals surface area contributed by atoms with E-state index in [0.717, 1.165) is 0 Å². The molecule has 1 aromatic carbocycles. The van der Waals surface area contributed by atoms with E-state index in [2.05, 4.69) is 0 Å². The molecule has 1 rings (SSSR count). The first-order valence-electron chi connectivity index (χ1n) is 5.57. The zero-order valence-corrected chi connectivity index (χ0v) is 13.6. The molecule has 0 amide bonds. The number of rotatable bonds is 0. The Balaban J connectivity index is 0.00000256. The second-order valence-corrected chi connectivity index (χ2v) is 6.32. The van der Waals surface area contributed by atoms with E-state index in [9.17, 15) is 10.2 Å². The first-order chi connectivity index (χ1) is 7.05. The molecule has 0 saturated carbocycles. The van der Waals surface area contributed by atoms with Gasteiger partial charge in [-0.2, -0.15) is 0 Å². The molecule has 0 aliphatic heterocycles. The van der Waals surface area contributed by atoms with Crippen molar-refractivity contribution in [1.29, 1.82) is 0 Å². The molecule has 3 heteroatoms. The molecule has 98 valence electrons. The van der Waals surface area contributed by atoms with Crippen LogP contribution in [-0.2, 0) is 31.9 Å². The Morgan fingerprint density at radius 1 is 0.706 bits per heavy atom. The molecule has 0 fully saturated rings. The molecule has 0 aliphatic carbocycles. The molecule has 0 aliphatic rings. The van der Waals surface area contributed by atoms with Crippen LogP contribution >= 0.6 is 0 Å². The molecule has 0 unspecified atom stereocenters. The molecular weight excluding hydrogens is 395 g/mol. The van der Waals surface area contributed by atoms with Gasteiger partial charge in [-0.25, -0.2) is 0 Å². The maximum absolute atomic E-state index is 12.0. The molecule has 0 spiro atoms. The van der Waals surface area contributed by atoms with Crippen molar-refractivity contribution in [2.24, 2.45) is 0 Å². The van der Waals surface area contributed by atoms with Crippen LogP contribution in [0.2, 0.25) is 0 Å². The van der Waals surface area contributed by atoms with Crippen molar-refractivity contribution in [2.75, 3.05) is 0 Å². The number of hydrogen-bond acceptors (Lipinski definition) is 2. The van der Waals surface area contributed by atoms with Gasteiger partial charge in [-0.15, -0.1) is 11.5 Å². The van der Waals surface area contributed by atoms with E-state index in [1.165, 1.54) is 0 Å². The number of hydrogen-bond donors (Lipinski definition) is 0. The van der Waals surface area contributed by atoms with Crippen molar-refractivity contribution in [3.8, 4) is 11.5 Å². The fraction of sp³-hybridized carbons (Fsp3) is 0.571. The first-order valence-corrected chi connectivity index (χ1v) is 5.57. The SMILES string of the molecule is CC(C)(C)c1ccc(C(C)(C)C)c([O-])c1[O-].[Pt+2]. The third kappa shape index (κ3) is 3.48. The second-order valence-electron chi connectivity index (χ2n) is 6.32. The average molecular weight is 415 g/mol. The standard InChI is InChI=1S/C14H22O2.Pt/c1-13(2,3)9-7-8-10(14(4,5)6)12(16)11(9)15;/h7-8,15-16H,1-6H3;/q;+2/p-2. The smallest absolute Gasteiger partial charge is 0.873 e. The Labute approximate surface area is 118 Å². The van der Waals surface area contributed by atoms with Crippen LogP contribution in [-0.4, -0.2) is 0 Å². The van der Waals surface area contributed by atoms with Crippen molar-refractivity contribution in [3.63, 3.8) is 0 Å². The number of benzene rings is 1. The molecule has 2 nitrogen and oxygen atoms in total. The second kappa shape index (κ2) is 5.02.